The van der Waals surface area contributed by atoms with Crippen molar-refractivity contribution in [3.05, 3.63) is 52.1 Å². The summed E-state index contributed by atoms with van der Waals surface area (Å²) in [6.45, 7) is 0. The second-order valence-electron chi connectivity index (χ2n) is 5.10. The Morgan fingerprint density at radius 1 is 1.22 bits per heavy atom. The summed E-state index contributed by atoms with van der Waals surface area (Å²) in [6, 6.07) is 7.60. The number of hydrogen-bond donors (Lipinski definition) is 1. The number of thioether (sulfide) groups is 1. The lowest BCUT2D eigenvalue weighted by Gasteiger charge is -2.10. The van der Waals surface area contributed by atoms with Crippen molar-refractivity contribution in [2.45, 2.75) is 11.3 Å². The average molecular weight is 475 g/mol. The molecule has 0 saturated heterocycles. The second-order valence-corrected chi connectivity index (χ2v) is 7.85. The third-order valence-corrected chi connectivity index (χ3v) is 5.21. The fraction of sp³-hybridized carbons (Fsp3) is 0.125. The second kappa shape index (κ2) is 8.36. The van der Waals surface area contributed by atoms with Crippen LogP contribution in [0.15, 0.2) is 51.5 Å². The van der Waals surface area contributed by atoms with Crippen molar-refractivity contribution in [2.24, 2.45) is 0 Å². The summed E-state index contributed by atoms with van der Waals surface area (Å²) in [5, 5.41) is 4.54. The van der Waals surface area contributed by atoms with E-state index in [1.807, 2.05) is 0 Å². The molecule has 1 N–H and O–H groups in total. The van der Waals surface area contributed by atoms with E-state index in [2.05, 4.69) is 36.2 Å². The summed E-state index contributed by atoms with van der Waals surface area (Å²) < 4.78 is 40.4. The lowest BCUT2D eigenvalue weighted by Crippen LogP contribution is -2.15. The maximum Gasteiger partial charge on any atom is 0.433 e. The number of carbonyl (C=O) groups excluding carboxylic acids is 1. The highest BCUT2D eigenvalue weighted by Crippen LogP contribution is 2.32. The minimum Gasteiger partial charge on any atom is -0.301 e. The van der Waals surface area contributed by atoms with Gasteiger partial charge in [0.05, 0.1) is 11.4 Å². The van der Waals surface area contributed by atoms with Crippen LogP contribution in [0.4, 0.5) is 18.3 Å². The van der Waals surface area contributed by atoms with Gasteiger partial charge in [-0.3, -0.25) is 4.79 Å². The van der Waals surface area contributed by atoms with Gasteiger partial charge in [-0.05, 0) is 18.2 Å². The van der Waals surface area contributed by atoms with Crippen LogP contribution in [0.1, 0.15) is 5.69 Å². The number of hydrogen-bond acceptors (Lipinski definition) is 6. The molecule has 0 spiro atoms. The summed E-state index contributed by atoms with van der Waals surface area (Å²) in [6.07, 6.45) is -3.08. The first-order chi connectivity index (χ1) is 12.8. The zero-order chi connectivity index (χ0) is 19.4. The van der Waals surface area contributed by atoms with Crippen LogP contribution in [0.25, 0.3) is 11.3 Å². The zero-order valence-corrected chi connectivity index (χ0v) is 16.5. The van der Waals surface area contributed by atoms with Crippen molar-refractivity contribution in [1.82, 2.24) is 15.0 Å². The third kappa shape index (κ3) is 5.50. The fourth-order valence-electron chi connectivity index (χ4n) is 1.97. The number of amides is 1. The number of alkyl halides is 3. The molecule has 0 aliphatic carbocycles. The fourth-order valence-corrected chi connectivity index (χ4v) is 3.44. The molecule has 0 aliphatic rings. The van der Waals surface area contributed by atoms with Crippen LogP contribution in [0.2, 0.25) is 0 Å². The van der Waals surface area contributed by atoms with Gasteiger partial charge in [-0.1, -0.05) is 39.8 Å². The topological polar surface area (TPSA) is 67.8 Å². The summed E-state index contributed by atoms with van der Waals surface area (Å²) in [7, 11) is 0. The highest BCUT2D eigenvalue weighted by molar-refractivity contribution is 9.10. The molecule has 0 aliphatic heterocycles. The Morgan fingerprint density at radius 3 is 2.59 bits per heavy atom. The van der Waals surface area contributed by atoms with E-state index in [0.717, 1.165) is 22.3 Å². The van der Waals surface area contributed by atoms with Crippen LogP contribution in [-0.2, 0) is 11.0 Å². The van der Waals surface area contributed by atoms with Crippen LogP contribution in [0.5, 0.6) is 0 Å². The first-order valence-electron chi connectivity index (χ1n) is 7.35. The maximum absolute atomic E-state index is 13.2. The Bertz CT molecular complexity index is 934. The number of carbonyl (C=O) groups is 1. The Hall–Kier alpha value is -1.98. The predicted octanol–water partition coefficient (Wildman–Crippen LogP) is 5.11. The normalized spacial score (nSPS) is 11.4. The number of rotatable bonds is 5. The molecule has 0 radical (unpaired) electrons. The van der Waals surface area contributed by atoms with E-state index < -0.39 is 17.8 Å². The van der Waals surface area contributed by atoms with Crippen molar-refractivity contribution in [3.63, 3.8) is 0 Å². The molecule has 0 atom stereocenters. The molecular weight excluding hydrogens is 465 g/mol. The first-order valence-corrected chi connectivity index (χ1v) is 10.0. The Labute approximate surface area is 168 Å². The van der Waals surface area contributed by atoms with Gasteiger partial charge in [-0.2, -0.15) is 13.2 Å². The van der Waals surface area contributed by atoms with Crippen LogP contribution < -0.4 is 5.32 Å². The van der Waals surface area contributed by atoms with Crippen molar-refractivity contribution >= 4 is 50.1 Å². The maximum atomic E-state index is 13.2. The number of thiazole rings is 1. The molecule has 27 heavy (non-hydrogen) atoms. The molecule has 2 heterocycles. The molecule has 140 valence electrons. The first kappa shape index (κ1) is 19.8. The van der Waals surface area contributed by atoms with Crippen molar-refractivity contribution in [3.8, 4) is 11.3 Å². The highest BCUT2D eigenvalue weighted by atomic mass is 79.9. The molecule has 0 unspecified atom stereocenters. The summed E-state index contributed by atoms with van der Waals surface area (Å²) in [5.74, 6) is -0.540. The van der Waals surface area contributed by atoms with Crippen LogP contribution in [0, 0.1) is 0 Å². The van der Waals surface area contributed by atoms with E-state index in [4.69, 9.17) is 0 Å². The lowest BCUT2D eigenvalue weighted by atomic mass is 10.1. The molecule has 1 amide bonds. The van der Waals surface area contributed by atoms with Gasteiger partial charge in [-0.25, -0.2) is 15.0 Å². The van der Waals surface area contributed by atoms with Gasteiger partial charge in [0.1, 0.15) is 5.69 Å². The van der Waals surface area contributed by atoms with Gasteiger partial charge in [0, 0.05) is 21.6 Å². The van der Waals surface area contributed by atoms with Gasteiger partial charge >= 0.3 is 6.18 Å². The monoisotopic (exact) mass is 474 g/mol. The largest absolute Gasteiger partial charge is 0.433 e. The van der Waals surface area contributed by atoms with Gasteiger partial charge in [0.15, 0.2) is 10.3 Å². The number of aromatic nitrogens is 3. The van der Waals surface area contributed by atoms with E-state index in [1.54, 1.807) is 29.6 Å². The van der Waals surface area contributed by atoms with Gasteiger partial charge < -0.3 is 5.32 Å². The van der Waals surface area contributed by atoms with Crippen LogP contribution in [-0.4, -0.2) is 26.6 Å². The van der Waals surface area contributed by atoms with Crippen LogP contribution >= 0.6 is 39.0 Å². The molecule has 1 aromatic carbocycles. The van der Waals surface area contributed by atoms with E-state index in [9.17, 15) is 18.0 Å². The summed E-state index contributed by atoms with van der Waals surface area (Å²) in [4.78, 5) is 23.5. The van der Waals surface area contributed by atoms with E-state index in [1.165, 1.54) is 17.5 Å². The van der Waals surface area contributed by atoms with Crippen molar-refractivity contribution in [1.29, 1.82) is 0 Å². The quantitative estimate of drug-likeness (QED) is 0.410. The standard InChI is InChI=1S/C16H10BrF3N4OS2/c17-10-3-1-9(2-4-10)11-7-12(16(18,19)20)23-15(22-11)27-8-13(25)24-14-21-5-6-26-14/h1-7H,8H2,(H,21,24,25). The zero-order valence-electron chi connectivity index (χ0n) is 13.3. The minimum atomic E-state index is -4.62. The average Bonchev–Trinajstić information content (AvgIpc) is 3.12. The molecular formula is C16H10BrF3N4OS2. The molecule has 5 nitrogen and oxygen atoms in total. The molecule has 11 heteroatoms. The molecule has 3 rings (SSSR count). The molecule has 2 aromatic heterocycles. The van der Waals surface area contributed by atoms with Gasteiger partial charge in [0.25, 0.3) is 0 Å². The summed E-state index contributed by atoms with van der Waals surface area (Å²) in [5.41, 5.74) is -0.411. The number of halogens is 4. The number of anilines is 1. The minimum absolute atomic E-state index is 0.128. The molecule has 0 fully saturated rings. The van der Waals surface area contributed by atoms with Gasteiger partial charge in [0.2, 0.25) is 5.91 Å². The van der Waals surface area contributed by atoms with Crippen molar-refractivity contribution < 1.29 is 18.0 Å². The number of nitrogens with zero attached hydrogens (tertiary/aromatic N) is 3. The van der Waals surface area contributed by atoms with E-state index >= 15 is 0 Å². The van der Waals surface area contributed by atoms with E-state index in [0.29, 0.717) is 10.7 Å². The Kier molecular flexibility index (Phi) is 6.12. The van der Waals surface area contributed by atoms with E-state index in [-0.39, 0.29) is 16.6 Å². The summed E-state index contributed by atoms with van der Waals surface area (Å²) >= 11 is 5.35. The lowest BCUT2D eigenvalue weighted by molar-refractivity contribution is -0.141. The smallest absolute Gasteiger partial charge is 0.301 e. The molecule has 3 aromatic rings. The number of benzene rings is 1. The third-order valence-electron chi connectivity index (χ3n) is 3.15. The SMILES string of the molecule is O=C(CSc1nc(-c2ccc(Br)cc2)cc(C(F)(F)F)n1)Nc1nccs1. The van der Waals surface area contributed by atoms with Crippen LogP contribution in [0.3, 0.4) is 0 Å². The van der Waals surface area contributed by atoms with Crippen molar-refractivity contribution in [2.75, 3.05) is 11.1 Å². The predicted molar refractivity (Wildman–Crippen MR) is 102 cm³/mol. The Balaban J connectivity index is 1.82. The van der Waals surface area contributed by atoms with Gasteiger partial charge in [-0.15, -0.1) is 11.3 Å². The molecule has 0 bridgehead atoms. The molecule has 0 saturated carbocycles. The number of nitrogens with one attached hydrogen (secondary N) is 1. The Morgan fingerprint density at radius 2 is 1.96 bits per heavy atom. The highest BCUT2D eigenvalue weighted by Gasteiger charge is 2.34.